The van der Waals surface area contributed by atoms with Crippen LogP contribution in [0.4, 0.5) is 21.9 Å². The number of nitrogens with zero attached hydrogens (tertiary/aromatic N) is 4. The average molecular weight is 471 g/mol. The van der Waals surface area contributed by atoms with E-state index < -0.39 is 0 Å². The predicted octanol–water partition coefficient (Wildman–Crippen LogP) is 3.80. The van der Waals surface area contributed by atoms with Gasteiger partial charge in [-0.3, -0.25) is 14.8 Å². The van der Waals surface area contributed by atoms with Gasteiger partial charge in [-0.2, -0.15) is 5.10 Å². The second-order valence-corrected chi connectivity index (χ2v) is 9.72. The first kappa shape index (κ1) is 21.7. The number of carbonyl (C=O) groups excluding carboxylic acids is 2. The molecule has 180 valence electrons. The summed E-state index contributed by atoms with van der Waals surface area (Å²) in [6.45, 7) is 2.81. The fourth-order valence-corrected chi connectivity index (χ4v) is 5.17. The van der Waals surface area contributed by atoms with Gasteiger partial charge in [-0.1, -0.05) is 24.3 Å². The molecule has 1 aromatic heterocycles. The SMILES string of the molecule is O=C(Cc1ccc(N2CCN(C(=O)N3CCC(c4cn[nH]c4)C3)c3ccccc32)cc1)NC1CC1. The Morgan fingerprint density at radius 3 is 2.51 bits per heavy atom. The van der Waals surface area contributed by atoms with Gasteiger partial charge < -0.3 is 15.1 Å². The lowest BCUT2D eigenvalue weighted by Crippen LogP contribution is -2.48. The van der Waals surface area contributed by atoms with Gasteiger partial charge in [0.1, 0.15) is 0 Å². The number of anilines is 3. The van der Waals surface area contributed by atoms with Gasteiger partial charge in [0.25, 0.3) is 0 Å². The topological polar surface area (TPSA) is 84.6 Å². The van der Waals surface area contributed by atoms with Crippen molar-refractivity contribution >= 4 is 29.0 Å². The van der Waals surface area contributed by atoms with Gasteiger partial charge in [0, 0.05) is 50.0 Å². The van der Waals surface area contributed by atoms with Crippen molar-refractivity contribution in [3.05, 3.63) is 72.1 Å². The molecule has 2 N–H and O–H groups in total. The van der Waals surface area contributed by atoms with Crippen molar-refractivity contribution in [3.8, 4) is 0 Å². The minimum absolute atomic E-state index is 0.0696. The molecule has 1 saturated heterocycles. The van der Waals surface area contributed by atoms with Crippen molar-refractivity contribution in [3.63, 3.8) is 0 Å². The number of likely N-dealkylation sites (tertiary alicyclic amines) is 1. The Hall–Kier alpha value is -3.81. The fourth-order valence-electron chi connectivity index (χ4n) is 5.17. The third-order valence-corrected chi connectivity index (χ3v) is 7.25. The zero-order valence-corrected chi connectivity index (χ0v) is 19.7. The highest BCUT2D eigenvalue weighted by molar-refractivity contribution is 5.98. The van der Waals surface area contributed by atoms with E-state index >= 15 is 0 Å². The third-order valence-electron chi connectivity index (χ3n) is 7.25. The van der Waals surface area contributed by atoms with Crippen LogP contribution in [0.3, 0.4) is 0 Å². The van der Waals surface area contributed by atoms with E-state index in [9.17, 15) is 9.59 Å². The number of aromatic amines is 1. The molecule has 8 heteroatoms. The third kappa shape index (κ3) is 4.48. The van der Waals surface area contributed by atoms with E-state index in [0.29, 0.717) is 31.5 Å². The largest absolute Gasteiger partial charge is 0.353 e. The molecule has 0 bridgehead atoms. The number of carbonyl (C=O) groups is 2. The molecule has 1 atom stereocenters. The first-order valence-corrected chi connectivity index (χ1v) is 12.5. The fraction of sp³-hybridized carbons (Fsp3) is 0.370. The quantitative estimate of drug-likeness (QED) is 0.594. The summed E-state index contributed by atoms with van der Waals surface area (Å²) in [6.07, 6.45) is 7.35. The Labute approximate surface area is 204 Å². The van der Waals surface area contributed by atoms with Gasteiger partial charge in [-0.15, -0.1) is 0 Å². The highest BCUT2D eigenvalue weighted by atomic mass is 16.2. The van der Waals surface area contributed by atoms with Crippen LogP contribution in [0, 0.1) is 0 Å². The number of aromatic nitrogens is 2. The lowest BCUT2D eigenvalue weighted by atomic mass is 10.0. The van der Waals surface area contributed by atoms with Crippen molar-refractivity contribution < 1.29 is 9.59 Å². The van der Waals surface area contributed by atoms with Crippen LogP contribution in [0.15, 0.2) is 60.9 Å². The van der Waals surface area contributed by atoms with E-state index in [1.807, 2.05) is 52.5 Å². The maximum atomic E-state index is 13.5. The Bertz CT molecular complexity index is 1200. The van der Waals surface area contributed by atoms with Gasteiger partial charge >= 0.3 is 6.03 Å². The van der Waals surface area contributed by atoms with Gasteiger partial charge in [0.2, 0.25) is 5.91 Å². The molecule has 2 aromatic carbocycles. The van der Waals surface area contributed by atoms with Crippen LogP contribution < -0.4 is 15.1 Å². The summed E-state index contributed by atoms with van der Waals surface area (Å²) in [5.74, 6) is 0.425. The Kier molecular flexibility index (Phi) is 5.64. The molecule has 3 aliphatic rings. The second-order valence-electron chi connectivity index (χ2n) is 9.72. The second kappa shape index (κ2) is 9.09. The molecule has 1 saturated carbocycles. The molecule has 1 aliphatic carbocycles. The van der Waals surface area contributed by atoms with E-state index in [-0.39, 0.29) is 11.9 Å². The van der Waals surface area contributed by atoms with E-state index in [2.05, 4.69) is 38.6 Å². The summed E-state index contributed by atoms with van der Waals surface area (Å²) < 4.78 is 0. The van der Waals surface area contributed by atoms with Crippen LogP contribution >= 0.6 is 0 Å². The van der Waals surface area contributed by atoms with Crippen molar-refractivity contribution in [1.29, 1.82) is 0 Å². The van der Waals surface area contributed by atoms with Crippen LogP contribution in [-0.2, 0) is 11.2 Å². The minimum Gasteiger partial charge on any atom is -0.353 e. The van der Waals surface area contributed by atoms with Crippen LogP contribution in [-0.4, -0.2) is 59.3 Å². The number of nitrogens with one attached hydrogen (secondary N) is 2. The molecule has 2 aliphatic heterocycles. The smallest absolute Gasteiger partial charge is 0.324 e. The van der Waals surface area contributed by atoms with E-state index in [1.54, 1.807) is 0 Å². The van der Waals surface area contributed by atoms with Crippen LogP contribution in [0.5, 0.6) is 0 Å². The van der Waals surface area contributed by atoms with E-state index in [1.165, 1.54) is 5.56 Å². The zero-order valence-electron chi connectivity index (χ0n) is 19.7. The molecule has 6 rings (SSSR count). The predicted molar refractivity (Wildman–Crippen MR) is 135 cm³/mol. The summed E-state index contributed by atoms with van der Waals surface area (Å²) in [7, 11) is 0. The normalized spacial score (nSPS) is 19.5. The number of benzene rings is 2. The zero-order chi connectivity index (χ0) is 23.8. The number of para-hydroxylation sites is 2. The summed E-state index contributed by atoms with van der Waals surface area (Å²) in [6, 6.07) is 16.8. The molecule has 3 heterocycles. The van der Waals surface area contributed by atoms with Crippen molar-refractivity contribution in [2.75, 3.05) is 36.0 Å². The lowest BCUT2D eigenvalue weighted by molar-refractivity contribution is -0.120. The summed E-state index contributed by atoms with van der Waals surface area (Å²) in [4.78, 5) is 31.8. The molecule has 8 nitrogen and oxygen atoms in total. The number of fused-ring (bicyclic) bond motifs is 1. The van der Waals surface area contributed by atoms with Gasteiger partial charge in [0.15, 0.2) is 0 Å². The van der Waals surface area contributed by atoms with Crippen molar-refractivity contribution in [2.24, 2.45) is 0 Å². The summed E-state index contributed by atoms with van der Waals surface area (Å²) >= 11 is 0. The van der Waals surface area contributed by atoms with E-state index in [0.717, 1.165) is 55.0 Å². The number of H-pyrrole nitrogens is 1. The molecule has 0 spiro atoms. The number of hydrogen-bond donors (Lipinski definition) is 2. The maximum Gasteiger partial charge on any atom is 0.324 e. The highest BCUT2D eigenvalue weighted by Gasteiger charge is 2.34. The number of urea groups is 1. The molecule has 3 amide bonds. The standard InChI is InChI=1S/C27H30N6O2/c34-26(30-22-7-8-22)15-19-5-9-23(10-6-19)32-13-14-33(25-4-2-1-3-24(25)32)27(35)31-12-11-20(18-31)21-16-28-29-17-21/h1-6,9-10,16-17,20,22H,7-8,11-15,18H2,(H,28,29)(H,30,34). The van der Waals surface area contributed by atoms with Crippen LogP contribution in [0.1, 0.15) is 36.3 Å². The maximum absolute atomic E-state index is 13.5. The van der Waals surface area contributed by atoms with Gasteiger partial charge in [0.05, 0.1) is 24.0 Å². The van der Waals surface area contributed by atoms with Crippen LogP contribution in [0.25, 0.3) is 0 Å². The molecule has 1 unspecified atom stereocenters. The number of rotatable bonds is 5. The van der Waals surface area contributed by atoms with Crippen molar-refractivity contribution in [1.82, 2.24) is 20.4 Å². The molecule has 2 fully saturated rings. The van der Waals surface area contributed by atoms with E-state index in [4.69, 9.17) is 0 Å². The summed E-state index contributed by atoms with van der Waals surface area (Å²) in [5, 5.41) is 9.99. The Balaban J connectivity index is 1.16. The highest BCUT2D eigenvalue weighted by Crippen LogP contribution is 2.39. The number of hydrogen-bond acceptors (Lipinski definition) is 4. The lowest BCUT2D eigenvalue weighted by Gasteiger charge is -2.39. The monoisotopic (exact) mass is 470 g/mol. The van der Waals surface area contributed by atoms with Crippen molar-refractivity contribution in [2.45, 2.75) is 37.6 Å². The number of amides is 3. The Morgan fingerprint density at radius 1 is 0.971 bits per heavy atom. The minimum atomic E-state index is 0.0696. The van der Waals surface area contributed by atoms with Gasteiger partial charge in [-0.25, -0.2) is 4.79 Å². The van der Waals surface area contributed by atoms with Crippen LogP contribution in [0.2, 0.25) is 0 Å². The molecular formula is C27H30N6O2. The molecule has 3 aromatic rings. The molecule has 35 heavy (non-hydrogen) atoms. The first-order chi connectivity index (χ1) is 17.2. The first-order valence-electron chi connectivity index (χ1n) is 12.5. The van der Waals surface area contributed by atoms with Gasteiger partial charge in [-0.05, 0) is 54.7 Å². The summed E-state index contributed by atoms with van der Waals surface area (Å²) in [5.41, 5.74) is 5.20. The Morgan fingerprint density at radius 2 is 1.77 bits per heavy atom. The average Bonchev–Trinajstić information content (AvgIpc) is 3.33. The molecule has 0 radical (unpaired) electrons. The molecular weight excluding hydrogens is 440 g/mol.